The molecule has 0 N–H and O–H groups in total. The predicted molar refractivity (Wildman–Crippen MR) is 58.7 cm³/mol. The molecule has 0 saturated carbocycles. The Labute approximate surface area is 103 Å². The van der Waals surface area contributed by atoms with E-state index < -0.39 is 17.6 Å². The summed E-state index contributed by atoms with van der Waals surface area (Å²) in [5.74, 6) is -1.37. The van der Waals surface area contributed by atoms with Gasteiger partial charge in [0.05, 0.1) is 0 Å². The zero-order chi connectivity index (χ0) is 11.6. The normalized spacial score (nSPS) is 11.5. The summed E-state index contributed by atoms with van der Waals surface area (Å²) in [6.45, 7) is 0. The molecule has 0 aliphatic carbocycles. The van der Waals surface area contributed by atoms with Crippen LogP contribution in [0.4, 0.5) is 8.78 Å². The summed E-state index contributed by atoms with van der Waals surface area (Å²) in [6.07, 6.45) is -0.484. The molecule has 0 aliphatic heterocycles. The Hall–Kier alpha value is -0.190. The zero-order valence-corrected chi connectivity index (χ0v) is 10.3. The number of rotatable bonds is 3. The van der Waals surface area contributed by atoms with Crippen molar-refractivity contribution < 1.29 is 13.6 Å². The van der Waals surface area contributed by atoms with Crippen molar-refractivity contribution in [3.63, 3.8) is 0 Å². The van der Waals surface area contributed by atoms with Crippen LogP contribution in [0.2, 0.25) is 5.02 Å². The number of halogens is 5. The first-order chi connectivity index (χ1) is 6.80. The van der Waals surface area contributed by atoms with Gasteiger partial charge in [-0.15, -0.1) is 0 Å². The fourth-order valence-corrected chi connectivity index (χ4v) is 1.75. The van der Waals surface area contributed by atoms with Crippen molar-refractivity contribution in [1.29, 1.82) is 0 Å². The van der Waals surface area contributed by atoms with Crippen LogP contribution in [-0.4, -0.2) is 11.2 Å². The average molecular weight is 318 g/mol. The molecule has 0 heterocycles. The highest BCUT2D eigenvalue weighted by Crippen LogP contribution is 2.26. The molecule has 6 heteroatoms. The summed E-state index contributed by atoms with van der Waals surface area (Å²) in [5, 5.41) is -3.59. The molecule has 0 fully saturated rings. The molecule has 0 aliphatic rings. The van der Waals surface area contributed by atoms with E-state index in [4.69, 9.17) is 11.6 Å². The van der Waals surface area contributed by atoms with E-state index in [9.17, 15) is 13.6 Å². The van der Waals surface area contributed by atoms with Crippen LogP contribution in [0.1, 0.15) is 5.56 Å². The van der Waals surface area contributed by atoms with Crippen molar-refractivity contribution in [3.05, 3.63) is 33.3 Å². The van der Waals surface area contributed by atoms with Crippen LogP contribution in [0.15, 0.2) is 22.7 Å². The number of Topliss-reactive ketones (excluding diaryl/α,β-unsaturated/α-hetero) is 1. The van der Waals surface area contributed by atoms with E-state index in [-0.39, 0.29) is 5.02 Å². The van der Waals surface area contributed by atoms with Gasteiger partial charge in [-0.1, -0.05) is 33.6 Å². The third kappa shape index (κ3) is 3.70. The highest BCUT2D eigenvalue weighted by Gasteiger charge is 2.35. The summed E-state index contributed by atoms with van der Waals surface area (Å²) >= 11 is 13.5. The Morgan fingerprint density at radius 2 is 2.07 bits per heavy atom. The molecule has 15 heavy (non-hydrogen) atoms. The van der Waals surface area contributed by atoms with Gasteiger partial charge in [0.1, 0.15) is 0 Å². The fourth-order valence-electron chi connectivity index (χ4n) is 0.938. The van der Waals surface area contributed by atoms with Crippen LogP contribution in [0.25, 0.3) is 0 Å². The van der Waals surface area contributed by atoms with Crippen molar-refractivity contribution in [2.45, 2.75) is 11.8 Å². The number of hydrogen-bond donors (Lipinski definition) is 0. The Kier molecular flexibility index (Phi) is 4.09. The highest BCUT2D eigenvalue weighted by atomic mass is 79.9. The van der Waals surface area contributed by atoms with Gasteiger partial charge in [-0.2, -0.15) is 8.78 Å². The van der Waals surface area contributed by atoms with Gasteiger partial charge >= 0.3 is 5.38 Å². The molecule has 0 amide bonds. The molecule has 82 valence electrons. The Bertz CT molecular complexity index is 390. The Balaban J connectivity index is 2.87. The minimum Gasteiger partial charge on any atom is -0.291 e. The molecule has 0 radical (unpaired) electrons. The van der Waals surface area contributed by atoms with Crippen LogP contribution < -0.4 is 0 Å². The lowest BCUT2D eigenvalue weighted by atomic mass is 10.1. The molecular formula is C9H5BrCl2F2O. The maximum absolute atomic E-state index is 12.4. The molecule has 1 aromatic rings. The van der Waals surface area contributed by atoms with Gasteiger partial charge in [-0.25, -0.2) is 0 Å². The topological polar surface area (TPSA) is 17.1 Å². The second-order valence-corrected chi connectivity index (χ2v) is 4.63. The van der Waals surface area contributed by atoms with Gasteiger partial charge in [0.2, 0.25) is 5.78 Å². The number of ketones is 1. The standard InChI is InChI=1S/C9H5BrCl2F2O/c10-6-2-1-5(7(11)4-6)3-8(15)9(12,13)14/h1-2,4H,3H2. The number of carbonyl (C=O) groups is 1. The van der Waals surface area contributed by atoms with E-state index in [2.05, 4.69) is 27.5 Å². The van der Waals surface area contributed by atoms with Gasteiger partial charge in [0.15, 0.2) is 0 Å². The molecule has 1 nitrogen and oxygen atoms in total. The molecule has 0 bridgehead atoms. The number of alkyl halides is 3. The molecule has 0 atom stereocenters. The maximum atomic E-state index is 12.4. The lowest BCUT2D eigenvalue weighted by Crippen LogP contribution is -2.23. The van der Waals surface area contributed by atoms with Crippen molar-refractivity contribution >= 4 is 44.9 Å². The van der Waals surface area contributed by atoms with Crippen LogP contribution in [0.3, 0.4) is 0 Å². The van der Waals surface area contributed by atoms with Gasteiger partial charge in [-0.3, -0.25) is 4.79 Å². The molecule has 0 saturated heterocycles. The summed E-state index contributed by atoms with van der Waals surface area (Å²) in [5.41, 5.74) is 0.324. The first-order valence-corrected chi connectivity index (χ1v) is 5.39. The van der Waals surface area contributed by atoms with E-state index in [1.807, 2.05) is 0 Å². The Morgan fingerprint density at radius 1 is 1.47 bits per heavy atom. The van der Waals surface area contributed by atoms with Crippen LogP contribution >= 0.6 is 39.1 Å². The van der Waals surface area contributed by atoms with Gasteiger partial charge in [0.25, 0.3) is 0 Å². The van der Waals surface area contributed by atoms with Gasteiger partial charge in [0, 0.05) is 15.9 Å². The van der Waals surface area contributed by atoms with Crippen molar-refractivity contribution in [1.82, 2.24) is 0 Å². The lowest BCUT2D eigenvalue weighted by molar-refractivity contribution is -0.132. The van der Waals surface area contributed by atoms with Crippen molar-refractivity contribution in [2.75, 3.05) is 0 Å². The Morgan fingerprint density at radius 3 is 2.53 bits per heavy atom. The molecular weight excluding hydrogens is 313 g/mol. The van der Waals surface area contributed by atoms with E-state index in [0.29, 0.717) is 10.0 Å². The molecule has 1 aromatic carbocycles. The van der Waals surface area contributed by atoms with E-state index in [1.165, 1.54) is 12.1 Å². The number of benzene rings is 1. The monoisotopic (exact) mass is 316 g/mol. The minimum atomic E-state index is -3.84. The third-order valence-electron chi connectivity index (χ3n) is 1.68. The predicted octanol–water partition coefficient (Wildman–Crippen LogP) is 4.05. The van der Waals surface area contributed by atoms with Crippen molar-refractivity contribution in [3.8, 4) is 0 Å². The summed E-state index contributed by atoms with van der Waals surface area (Å²) in [7, 11) is 0. The summed E-state index contributed by atoms with van der Waals surface area (Å²) in [4.78, 5) is 10.9. The highest BCUT2D eigenvalue weighted by molar-refractivity contribution is 9.10. The van der Waals surface area contributed by atoms with Gasteiger partial charge in [-0.05, 0) is 29.3 Å². The minimum absolute atomic E-state index is 0.249. The maximum Gasteiger partial charge on any atom is 0.380 e. The second kappa shape index (κ2) is 4.76. The lowest BCUT2D eigenvalue weighted by Gasteiger charge is -2.07. The SMILES string of the molecule is O=C(Cc1ccc(Br)cc1Cl)C(F)(F)Cl. The largest absolute Gasteiger partial charge is 0.380 e. The van der Waals surface area contributed by atoms with E-state index in [0.717, 1.165) is 0 Å². The fraction of sp³-hybridized carbons (Fsp3) is 0.222. The van der Waals surface area contributed by atoms with E-state index in [1.54, 1.807) is 6.07 Å². The first kappa shape index (κ1) is 12.9. The quantitative estimate of drug-likeness (QED) is 0.769. The number of carbonyl (C=O) groups excluding carboxylic acids is 1. The second-order valence-electron chi connectivity index (χ2n) is 2.83. The molecule has 0 aromatic heterocycles. The zero-order valence-electron chi connectivity index (χ0n) is 7.24. The smallest absolute Gasteiger partial charge is 0.291 e. The summed E-state index contributed by atoms with van der Waals surface area (Å²) in [6, 6.07) is 4.63. The van der Waals surface area contributed by atoms with Crippen LogP contribution in [-0.2, 0) is 11.2 Å². The molecule has 0 spiro atoms. The molecule has 1 rings (SSSR count). The van der Waals surface area contributed by atoms with Crippen molar-refractivity contribution in [2.24, 2.45) is 0 Å². The van der Waals surface area contributed by atoms with E-state index >= 15 is 0 Å². The third-order valence-corrected chi connectivity index (χ3v) is 2.74. The average Bonchev–Trinajstić information content (AvgIpc) is 2.08. The van der Waals surface area contributed by atoms with Crippen LogP contribution in [0, 0.1) is 0 Å². The number of hydrogen-bond acceptors (Lipinski definition) is 1. The summed E-state index contributed by atoms with van der Waals surface area (Å²) < 4.78 is 25.5. The molecule has 0 unspecified atom stereocenters. The van der Waals surface area contributed by atoms with Crippen LogP contribution in [0.5, 0.6) is 0 Å². The first-order valence-electron chi connectivity index (χ1n) is 3.84. The van der Waals surface area contributed by atoms with Gasteiger partial charge < -0.3 is 0 Å².